The smallest absolute Gasteiger partial charge is 0.317 e. The van der Waals surface area contributed by atoms with Crippen molar-refractivity contribution in [2.24, 2.45) is 11.8 Å². The SMILES string of the molecule is CN(C(=O)NC1CCC(CC2CCC(NC(=O)N(C)C(C)(C)C)CC2)CC1)C(C)(C)C. The van der Waals surface area contributed by atoms with Crippen molar-refractivity contribution in [2.45, 2.75) is 122 Å². The van der Waals surface area contributed by atoms with E-state index in [9.17, 15) is 9.59 Å². The molecule has 6 heteroatoms. The van der Waals surface area contributed by atoms with Crippen molar-refractivity contribution in [1.82, 2.24) is 20.4 Å². The third-order valence-corrected chi connectivity index (χ3v) is 7.64. The van der Waals surface area contributed by atoms with Crippen LogP contribution in [0.1, 0.15) is 99.3 Å². The van der Waals surface area contributed by atoms with E-state index in [0.29, 0.717) is 12.1 Å². The van der Waals surface area contributed by atoms with Crippen LogP contribution in [-0.2, 0) is 0 Å². The number of carbonyl (C=O) groups is 2. The second-order valence-corrected chi connectivity index (χ2v) is 12.0. The van der Waals surface area contributed by atoms with Gasteiger partial charge in [-0.15, -0.1) is 0 Å². The Kier molecular flexibility index (Phi) is 8.69. The molecule has 0 saturated heterocycles. The van der Waals surface area contributed by atoms with Gasteiger partial charge in [-0.3, -0.25) is 0 Å². The first-order chi connectivity index (χ1) is 14.3. The van der Waals surface area contributed by atoms with Gasteiger partial charge in [0.05, 0.1) is 0 Å². The van der Waals surface area contributed by atoms with Gasteiger partial charge in [-0.05, 0) is 111 Å². The molecule has 0 aromatic rings. The lowest BCUT2D eigenvalue weighted by molar-refractivity contribution is 0.151. The molecule has 0 atom stereocenters. The fourth-order valence-corrected chi connectivity index (χ4v) is 4.71. The Morgan fingerprint density at radius 2 is 0.935 bits per heavy atom. The molecule has 0 heterocycles. The van der Waals surface area contributed by atoms with Gasteiger partial charge in [0, 0.05) is 37.3 Å². The van der Waals surface area contributed by atoms with E-state index in [1.165, 1.54) is 32.1 Å². The van der Waals surface area contributed by atoms with Crippen LogP contribution in [0.2, 0.25) is 0 Å². The van der Waals surface area contributed by atoms with Crippen molar-refractivity contribution in [3.05, 3.63) is 0 Å². The normalized spacial score (nSPS) is 27.4. The average molecular weight is 437 g/mol. The van der Waals surface area contributed by atoms with E-state index in [1.807, 2.05) is 14.1 Å². The molecule has 0 aromatic carbocycles. The number of hydrogen-bond donors (Lipinski definition) is 2. The van der Waals surface area contributed by atoms with E-state index in [2.05, 4.69) is 52.2 Å². The summed E-state index contributed by atoms with van der Waals surface area (Å²) in [5.41, 5.74) is -0.302. The fraction of sp³-hybridized carbons (Fsp3) is 0.920. The van der Waals surface area contributed by atoms with Crippen LogP contribution in [-0.4, -0.2) is 59.1 Å². The van der Waals surface area contributed by atoms with Gasteiger partial charge in [0.15, 0.2) is 0 Å². The first kappa shape index (κ1) is 25.8. The Morgan fingerprint density at radius 3 is 1.19 bits per heavy atom. The van der Waals surface area contributed by atoms with Gasteiger partial charge in [-0.1, -0.05) is 0 Å². The number of hydrogen-bond acceptors (Lipinski definition) is 2. The lowest BCUT2D eigenvalue weighted by atomic mass is 9.75. The first-order valence-corrected chi connectivity index (χ1v) is 12.4. The van der Waals surface area contributed by atoms with E-state index in [4.69, 9.17) is 0 Å². The summed E-state index contributed by atoms with van der Waals surface area (Å²) >= 11 is 0. The van der Waals surface area contributed by atoms with Gasteiger partial charge in [0.25, 0.3) is 0 Å². The van der Waals surface area contributed by atoms with Crippen LogP contribution in [0.25, 0.3) is 0 Å². The zero-order chi connectivity index (χ0) is 23.4. The van der Waals surface area contributed by atoms with Crippen molar-refractivity contribution in [2.75, 3.05) is 14.1 Å². The molecule has 2 saturated carbocycles. The summed E-state index contributed by atoms with van der Waals surface area (Å²) in [5.74, 6) is 1.58. The van der Waals surface area contributed by atoms with Crippen LogP contribution in [0.3, 0.4) is 0 Å². The molecule has 0 unspecified atom stereocenters. The fourth-order valence-electron chi connectivity index (χ4n) is 4.71. The lowest BCUT2D eigenvalue weighted by Crippen LogP contribution is -2.51. The molecule has 31 heavy (non-hydrogen) atoms. The number of nitrogens with one attached hydrogen (secondary N) is 2. The van der Waals surface area contributed by atoms with E-state index in [0.717, 1.165) is 37.5 Å². The number of rotatable bonds is 4. The van der Waals surface area contributed by atoms with Gasteiger partial charge in [-0.25, -0.2) is 9.59 Å². The van der Waals surface area contributed by atoms with Gasteiger partial charge in [-0.2, -0.15) is 0 Å². The maximum absolute atomic E-state index is 12.4. The van der Waals surface area contributed by atoms with Crippen molar-refractivity contribution < 1.29 is 9.59 Å². The Balaban J connectivity index is 1.67. The Labute approximate surface area is 190 Å². The molecule has 0 aromatic heterocycles. The van der Waals surface area contributed by atoms with E-state index in [1.54, 1.807) is 9.80 Å². The number of nitrogens with zero attached hydrogens (tertiary/aromatic N) is 2. The average Bonchev–Trinajstić information content (AvgIpc) is 2.68. The maximum Gasteiger partial charge on any atom is 0.317 e. The second kappa shape index (κ2) is 10.4. The van der Waals surface area contributed by atoms with Crippen molar-refractivity contribution in [3.8, 4) is 0 Å². The number of urea groups is 2. The second-order valence-electron chi connectivity index (χ2n) is 12.0. The van der Waals surface area contributed by atoms with Crippen LogP contribution in [0.15, 0.2) is 0 Å². The third-order valence-electron chi connectivity index (χ3n) is 7.64. The highest BCUT2D eigenvalue weighted by Crippen LogP contribution is 2.35. The lowest BCUT2D eigenvalue weighted by Gasteiger charge is -2.37. The minimum atomic E-state index is -0.151. The summed E-state index contributed by atoms with van der Waals surface area (Å²) in [6.45, 7) is 12.4. The Morgan fingerprint density at radius 1 is 0.645 bits per heavy atom. The summed E-state index contributed by atoms with van der Waals surface area (Å²) in [6, 6.07) is 0.737. The summed E-state index contributed by atoms with van der Waals surface area (Å²) in [5, 5.41) is 6.47. The summed E-state index contributed by atoms with van der Waals surface area (Å²) in [6.07, 6.45) is 10.6. The summed E-state index contributed by atoms with van der Waals surface area (Å²) < 4.78 is 0. The molecule has 0 aliphatic heterocycles. The number of carbonyl (C=O) groups excluding carboxylic acids is 2. The van der Waals surface area contributed by atoms with Gasteiger partial charge >= 0.3 is 12.1 Å². The van der Waals surface area contributed by atoms with Gasteiger partial charge < -0.3 is 20.4 Å². The third kappa shape index (κ3) is 7.87. The van der Waals surface area contributed by atoms with Crippen LogP contribution in [0, 0.1) is 11.8 Å². The predicted molar refractivity (Wildman–Crippen MR) is 128 cm³/mol. The monoisotopic (exact) mass is 436 g/mol. The van der Waals surface area contributed by atoms with Gasteiger partial charge in [0.2, 0.25) is 0 Å². The standard InChI is InChI=1S/C25H48N4O2/c1-24(2,3)28(7)22(30)26-20-13-9-18(10-14-20)17-19-11-15-21(16-12-19)27-23(31)29(8)25(4,5)6/h18-21H,9-17H2,1-8H3,(H,26,30)(H,27,31). The van der Waals surface area contributed by atoms with Crippen LogP contribution in [0.4, 0.5) is 9.59 Å². The molecule has 2 N–H and O–H groups in total. The summed E-state index contributed by atoms with van der Waals surface area (Å²) in [7, 11) is 3.75. The van der Waals surface area contributed by atoms with Crippen molar-refractivity contribution in [1.29, 1.82) is 0 Å². The molecule has 2 aliphatic rings. The molecule has 6 nitrogen and oxygen atoms in total. The van der Waals surface area contributed by atoms with Crippen molar-refractivity contribution >= 4 is 12.1 Å². The van der Waals surface area contributed by atoms with Crippen LogP contribution >= 0.6 is 0 Å². The highest BCUT2D eigenvalue weighted by Gasteiger charge is 2.30. The zero-order valence-corrected chi connectivity index (χ0v) is 21.4. The highest BCUT2D eigenvalue weighted by molar-refractivity contribution is 5.75. The molecule has 2 fully saturated rings. The minimum absolute atomic E-state index is 0.0495. The Bertz CT molecular complexity index is 540. The first-order valence-electron chi connectivity index (χ1n) is 12.4. The Hall–Kier alpha value is -1.46. The van der Waals surface area contributed by atoms with Crippen molar-refractivity contribution in [3.63, 3.8) is 0 Å². The molecular weight excluding hydrogens is 388 g/mol. The van der Waals surface area contributed by atoms with E-state index >= 15 is 0 Å². The molecule has 0 radical (unpaired) electrons. The molecule has 2 rings (SSSR count). The molecule has 4 amide bonds. The molecule has 2 aliphatic carbocycles. The number of amides is 4. The van der Waals surface area contributed by atoms with Crippen LogP contribution < -0.4 is 10.6 Å². The summed E-state index contributed by atoms with van der Waals surface area (Å²) in [4.78, 5) is 28.5. The van der Waals surface area contributed by atoms with E-state index < -0.39 is 0 Å². The topological polar surface area (TPSA) is 64.7 Å². The molecular formula is C25H48N4O2. The zero-order valence-electron chi connectivity index (χ0n) is 21.4. The predicted octanol–water partition coefficient (Wildman–Crippen LogP) is 5.37. The van der Waals surface area contributed by atoms with Gasteiger partial charge in [0.1, 0.15) is 0 Å². The maximum atomic E-state index is 12.4. The highest BCUT2D eigenvalue weighted by atomic mass is 16.2. The molecule has 0 bridgehead atoms. The minimum Gasteiger partial charge on any atom is -0.335 e. The van der Waals surface area contributed by atoms with Crippen LogP contribution in [0.5, 0.6) is 0 Å². The largest absolute Gasteiger partial charge is 0.335 e. The molecule has 0 spiro atoms. The molecule has 180 valence electrons. The van der Waals surface area contributed by atoms with E-state index in [-0.39, 0.29) is 23.1 Å². The quantitative estimate of drug-likeness (QED) is 0.622.